The van der Waals surface area contributed by atoms with Crippen molar-refractivity contribution in [2.75, 3.05) is 13.2 Å². The zero-order chi connectivity index (χ0) is 39.7. The Morgan fingerprint density at radius 3 is 1.52 bits per heavy atom. The molecule has 0 radical (unpaired) electrons. The van der Waals surface area contributed by atoms with Gasteiger partial charge in [-0.1, -0.05) is 42.1 Å². The maximum Gasteiger partial charge on any atom is 0.303 e. The van der Waals surface area contributed by atoms with E-state index in [0.29, 0.717) is 4.90 Å². The van der Waals surface area contributed by atoms with Gasteiger partial charge in [-0.25, -0.2) is 0 Å². The van der Waals surface area contributed by atoms with Gasteiger partial charge in [-0.15, -0.1) is 0 Å². The van der Waals surface area contributed by atoms with Gasteiger partial charge in [-0.2, -0.15) is 0 Å². The lowest BCUT2D eigenvalue weighted by Crippen LogP contribution is -2.66. The molecule has 2 aromatic carbocycles. The Balaban J connectivity index is 1.81. The Bertz CT molecular complexity index is 1710. The highest BCUT2D eigenvalue weighted by Gasteiger charge is 2.57. The summed E-state index contributed by atoms with van der Waals surface area (Å²) < 4.78 is 57.4. The molecule has 0 unspecified atom stereocenters. The lowest BCUT2D eigenvalue weighted by molar-refractivity contribution is -0.341. The minimum Gasteiger partial charge on any atom is -0.463 e. The van der Waals surface area contributed by atoms with Gasteiger partial charge in [-0.3, -0.25) is 33.6 Å². The molecule has 0 bridgehead atoms. The van der Waals surface area contributed by atoms with Crippen LogP contribution in [0.2, 0.25) is 0 Å². The Kier molecular flexibility index (Phi) is 14.8. The van der Waals surface area contributed by atoms with E-state index < -0.39 is 116 Å². The van der Waals surface area contributed by atoms with Crippen molar-refractivity contribution in [3.05, 3.63) is 42.5 Å². The predicted octanol–water partition coefficient (Wildman–Crippen LogP) is 2.55. The summed E-state index contributed by atoms with van der Waals surface area (Å²) in [4.78, 5) is 86.9. The zero-order valence-corrected chi connectivity index (χ0v) is 31.4. The average molecular weight is 779 g/mol. The highest BCUT2D eigenvalue weighted by Crippen LogP contribution is 2.40. The van der Waals surface area contributed by atoms with Crippen molar-refractivity contribution >= 4 is 64.3 Å². The largest absolute Gasteiger partial charge is 0.463 e. The first-order chi connectivity index (χ1) is 25.5. The molecule has 0 saturated carbocycles. The summed E-state index contributed by atoms with van der Waals surface area (Å²) >= 11 is 1.14. The van der Waals surface area contributed by atoms with E-state index in [1.807, 2.05) is 42.5 Å². The normalized spacial score (nSPS) is 27.8. The summed E-state index contributed by atoms with van der Waals surface area (Å²) in [6.45, 7) is 6.67. The molecule has 0 amide bonds. The van der Waals surface area contributed by atoms with Gasteiger partial charge in [0.25, 0.3) is 0 Å². The van der Waals surface area contributed by atoms with E-state index in [9.17, 15) is 33.6 Å². The van der Waals surface area contributed by atoms with Crippen LogP contribution in [0, 0.1) is 0 Å². The van der Waals surface area contributed by atoms with Crippen molar-refractivity contribution < 1.29 is 80.9 Å². The van der Waals surface area contributed by atoms with Gasteiger partial charge in [0, 0.05) is 53.4 Å². The first-order valence-corrected chi connectivity index (χ1v) is 17.6. The minimum absolute atomic E-state index is 0.482. The molecule has 0 N–H and O–H groups in total. The molecule has 0 aliphatic carbocycles. The quantitative estimate of drug-likeness (QED) is 0.211. The number of fused-ring (bicyclic) bond motifs is 1. The van der Waals surface area contributed by atoms with Crippen LogP contribution < -0.4 is 0 Å². The zero-order valence-electron chi connectivity index (χ0n) is 30.6. The Morgan fingerprint density at radius 1 is 0.519 bits per heavy atom. The molecule has 2 aromatic rings. The van der Waals surface area contributed by atoms with E-state index in [1.54, 1.807) is 0 Å². The van der Waals surface area contributed by atoms with Crippen LogP contribution in [0.25, 0.3) is 10.8 Å². The van der Waals surface area contributed by atoms with Crippen LogP contribution in [-0.2, 0) is 80.9 Å². The van der Waals surface area contributed by atoms with Gasteiger partial charge in [-0.05, 0) is 22.9 Å². The molecule has 2 fully saturated rings. The molecule has 17 nitrogen and oxygen atoms in total. The number of hydrogen-bond acceptors (Lipinski definition) is 18. The number of carbonyl (C=O) groups excluding carboxylic acids is 7. The molecule has 4 rings (SSSR count). The van der Waals surface area contributed by atoms with Gasteiger partial charge < -0.3 is 47.4 Å². The van der Waals surface area contributed by atoms with E-state index in [-0.39, 0.29) is 0 Å². The van der Waals surface area contributed by atoms with E-state index in [4.69, 9.17) is 47.4 Å². The molecular weight excluding hydrogens is 736 g/mol. The number of carbonyl (C=O) groups is 7. The highest BCUT2D eigenvalue weighted by atomic mass is 32.2. The standard InChI is InChI=1S/C36H42O17S/c1-17(37)44-15-27-29(46-19(3)39)31(47-20(4)40)33(49-22(6)42)35(51-27)53-30-28(16-45-18(2)38)52-36(34(50-23(7)43)32(30)48-21(5)41)54-26-13-12-24-10-8-9-11-25(24)14-26/h8-14,27-36H,15-16H2,1-7H3/t27-,28-,29+,30-,31+,32+,33-,34-,35+,36+/m1/s1. The molecule has 54 heavy (non-hydrogen) atoms. The van der Waals surface area contributed by atoms with Crippen LogP contribution in [0.1, 0.15) is 48.5 Å². The van der Waals surface area contributed by atoms with Crippen molar-refractivity contribution in [3.8, 4) is 0 Å². The molecule has 2 aliphatic heterocycles. The van der Waals surface area contributed by atoms with Crippen molar-refractivity contribution in [1.82, 2.24) is 0 Å². The van der Waals surface area contributed by atoms with Crippen LogP contribution in [0.3, 0.4) is 0 Å². The lowest BCUT2D eigenvalue weighted by atomic mass is 9.96. The average Bonchev–Trinajstić information content (AvgIpc) is 3.07. The van der Waals surface area contributed by atoms with Crippen molar-refractivity contribution in [2.24, 2.45) is 0 Å². The van der Waals surface area contributed by atoms with Crippen LogP contribution in [-0.4, -0.2) is 116 Å². The van der Waals surface area contributed by atoms with Gasteiger partial charge in [0.2, 0.25) is 0 Å². The highest BCUT2D eigenvalue weighted by molar-refractivity contribution is 7.99. The summed E-state index contributed by atoms with van der Waals surface area (Å²) in [5.74, 6) is -5.65. The third kappa shape index (κ3) is 11.6. The Hall–Kier alpha value is -4.78. The molecule has 2 saturated heterocycles. The minimum atomic E-state index is -1.76. The molecule has 2 heterocycles. The molecule has 0 aromatic heterocycles. The molecule has 0 spiro atoms. The predicted molar refractivity (Wildman–Crippen MR) is 183 cm³/mol. The number of hydrogen-bond donors (Lipinski definition) is 0. The van der Waals surface area contributed by atoms with Crippen molar-refractivity contribution in [2.45, 2.75) is 114 Å². The van der Waals surface area contributed by atoms with Crippen molar-refractivity contribution in [1.29, 1.82) is 0 Å². The second-order valence-electron chi connectivity index (χ2n) is 12.3. The second-order valence-corrected chi connectivity index (χ2v) is 13.5. The summed E-state index contributed by atoms with van der Waals surface area (Å²) in [6.07, 6.45) is -13.6. The van der Waals surface area contributed by atoms with Crippen LogP contribution in [0.5, 0.6) is 0 Å². The fourth-order valence-corrected chi connectivity index (χ4v) is 7.09. The van der Waals surface area contributed by atoms with Gasteiger partial charge >= 0.3 is 41.8 Å². The van der Waals surface area contributed by atoms with Crippen molar-refractivity contribution in [3.63, 3.8) is 0 Å². The van der Waals surface area contributed by atoms with Crippen LogP contribution in [0.15, 0.2) is 47.4 Å². The summed E-state index contributed by atoms with van der Waals surface area (Å²) in [5, 5.41) is 1.87. The lowest BCUT2D eigenvalue weighted by Gasteiger charge is -2.48. The fraction of sp³-hybridized carbons (Fsp3) is 0.528. The first kappa shape index (κ1) is 42.0. The maximum absolute atomic E-state index is 12.7. The van der Waals surface area contributed by atoms with Gasteiger partial charge in [0.05, 0.1) is 0 Å². The first-order valence-electron chi connectivity index (χ1n) is 16.8. The summed E-state index contributed by atoms with van der Waals surface area (Å²) in [7, 11) is 0. The topological polar surface area (TPSA) is 212 Å². The molecule has 10 atom stereocenters. The smallest absolute Gasteiger partial charge is 0.303 e. The third-order valence-corrected chi connectivity index (χ3v) is 9.00. The van der Waals surface area contributed by atoms with E-state index >= 15 is 0 Å². The number of thioether (sulfide) groups is 1. The number of benzene rings is 2. The summed E-state index contributed by atoms with van der Waals surface area (Å²) in [6, 6.07) is 13.2. The monoisotopic (exact) mass is 778 g/mol. The van der Waals surface area contributed by atoms with Crippen LogP contribution in [0.4, 0.5) is 0 Å². The van der Waals surface area contributed by atoms with E-state index in [2.05, 4.69) is 0 Å². The van der Waals surface area contributed by atoms with E-state index in [1.165, 1.54) is 0 Å². The summed E-state index contributed by atoms with van der Waals surface area (Å²) in [5.41, 5.74) is -1.09. The fourth-order valence-electron chi connectivity index (χ4n) is 5.94. The molecule has 2 aliphatic rings. The SMILES string of the molecule is CC(=O)OC[C@H]1O[C@@H](O[C@H]2[C@H](OC(C)=O)[C@@H](OC(C)=O)[C@H](Sc3ccc4ccccc4c3)O[C@@H]2COC(C)=O)[C@H](OC(C)=O)[C@@H](OC(C)=O)[C@H]1OC(C)=O. The second kappa shape index (κ2) is 19.0. The number of esters is 7. The van der Waals surface area contributed by atoms with E-state index in [0.717, 1.165) is 71.0 Å². The van der Waals surface area contributed by atoms with Gasteiger partial charge in [0.1, 0.15) is 37.0 Å². The molecule has 294 valence electrons. The third-order valence-electron chi connectivity index (χ3n) is 7.86. The number of ether oxygens (including phenoxy) is 10. The van der Waals surface area contributed by atoms with Crippen LogP contribution >= 0.6 is 11.8 Å². The Labute approximate surface area is 314 Å². The molecule has 18 heteroatoms. The Morgan fingerprint density at radius 2 is 0.981 bits per heavy atom. The van der Waals surface area contributed by atoms with Gasteiger partial charge in [0.15, 0.2) is 36.8 Å². The molecular formula is C36H42O17S. The number of rotatable bonds is 13. The maximum atomic E-state index is 12.7.